The van der Waals surface area contributed by atoms with E-state index in [9.17, 15) is 4.79 Å². The van der Waals surface area contributed by atoms with Crippen molar-refractivity contribution in [3.05, 3.63) is 66.4 Å². The number of aromatic nitrogens is 1. The molecule has 3 nitrogen and oxygen atoms in total. The van der Waals surface area contributed by atoms with E-state index in [-0.39, 0.29) is 5.91 Å². The Morgan fingerprint density at radius 3 is 2.58 bits per heavy atom. The Hall–Kier alpha value is -2.55. The summed E-state index contributed by atoms with van der Waals surface area (Å²) in [5, 5.41) is 4.19. The van der Waals surface area contributed by atoms with Gasteiger partial charge in [-0.3, -0.25) is 4.79 Å². The third-order valence-electron chi connectivity index (χ3n) is 4.64. The predicted octanol–water partition coefficient (Wildman–Crippen LogP) is 5.18. The van der Waals surface area contributed by atoms with Crippen molar-refractivity contribution in [3.63, 3.8) is 0 Å². The highest BCUT2D eigenvalue weighted by molar-refractivity contribution is 5.90. The summed E-state index contributed by atoms with van der Waals surface area (Å²) >= 11 is 0. The van der Waals surface area contributed by atoms with Crippen LogP contribution in [0.25, 0.3) is 10.9 Å². The maximum absolute atomic E-state index is 12.2. The lowest BCUT2D eigenvalue weighted by molar-refractivity contribution is -0.116. The van der Waals surface area contributed by atoms with Gasteiger partial charge < -0.3 is 9.88 Å². The second kappa shape index (κ2) is 7.35. The Labute approximate surface area is 143 Å². The topological polar surface area (TPSA) is 34.0 Å². The van der Waals surface area contributed by atoms with Gasteiger partial charge >= 0.3 is 0 Å². The maximum atomic E-state index is 12.2. The number of nitrogens with one attached hydrogen (secondary N) is 1. The molecule has 0 aliphatic carbocycles. The first kappa shape index (κ1) is 16.3. The number of aryl methyl sites for hydroxylation is 1. The van der Waals surface area contributed by atoms with E-state index >= 15 is 0 Å². The number of amides is 1. The standard InChI is InChI=1S/C21H24N2O/c1-3-16(2)17-8-10-19(11-9-17)22-21(24)13-15-23-14-12-18-6-4-5-7-20(18)23/h4-12,14,16H,3,13,15H2,1-2H3,(H,22,24). The monoisotopic (exact) mass is 320 g/mol. The predicted molar refractivity (Wildman–Crippen MR) is 100 cm³/mol. The number of carbonyl (C=O) groups is 1. The molecule has 1 unspecified atom stereocenters. The lowest BCUT2D eigenvalue weighted by atomic mass is 9.99. The minimum Gasteiger partial charge on any atom is -0.347 e. The van der Waals surface area contributed by atoms with E-state index in [0.717, 1.165) is 12.1 Å². The van der Waals surface area contributed by atoms with Crippen LogP contribution in [-0.4, -0.2) is 10.5 Å². The molecule has 1 N–H and O–H groups in total. The summed E-state index contributed by atoms with van der Waals surface area (Å²) in [5.74, 6) is 0.598. The van der Waals surface area contributed by atoms with E-state index in [1.54, 1.807) is 0 Å². The largest absolute Gasteiger partial charge is 0.347 e. The summed E-state index contributed by atoms with van der Waals surface area (Å²) in [7, 11) is 0. The Morgan fingerprint density at radius 2 is 1.83 bits per heavy atom. The molecule has 1 atom stereocenters. The van der Waals surface area contributed by atoms with Gasteiger partial charge in [0, 0.05) is 30.4 Å². The van der Waals surface area contributed by atoms with Gasteiger partial charge in [-0.25, -0.2) is 0 Å². The molecule has 1 amide bonds. The number of para-hydroxylation sites is 1. The van der Waals surface area contributed by atoms with Gasteiger partial charge in [0.1, 0.15) is 0 Å². The van der Waals surface area contributed by atoms with Crippen LogP contribution in [0.1, 0.15) is 38.2 Å². The van der Waals surface area contributed by atoms with E-state index in [0.29, 0.717) is 18.9 Å². The Bertz CT molecular complexity index is 817. The molecule has 3 heteroatoms. The highest BCUT2D eigenvalue weighted by Gasteiger charge is 2.06. The molecule has 0 aliphatic heterocycles. The van der Waals surface area contributed by atoms with Gasteiger partial charge in [0.2, 0.25) is 5.91 Å². The molecule has 0 aliphatic rings. The summed E-state index contributed by atoms with van der Waals surface area (Å²) in [5.41, 5.74) is 3.35. The summed E-state index contributed by atoms with van der Waals surface area (Å²) in [4.78, 5) is 12.2. The van der Waals surface area contributed by atoms with Gasteiger partial charge in [0.05, 0.1) is 0 Å². The van der Waals surface area contributed by atoms with Crippen molar-refractivity contribution in [1.82, 2.24) is 4.57 Å². The van der Waals surface area contributed by atoms with Crippen molar-refractivity contribution in [2.24, 2.45) is 0 Å². The average Bonchev–Trinajstić information content (AvgIpc) is 3.03. The third-order valence-corrected chi connectivity index (χ3v) is 4.64. The normalized spacial score (nSPS) is 12.2. The summed E-state index contributed by atoms with van der Waals surface area (Å²) in [6, 6.07) is 18.5. The fraction of sp³-hybridized carbons (Fsp3) is 0.286. The quantitative estimate of drug-likeness (QED) is 0.667. The first-order valence-electron chi connectivity index (χ1n) is 8.61. The van der Waals surface area contributed by atoms with Gasteiger partial charge in [0.15, 0.2) is 0 Å². The van der Waals surface area contributed by atoms with E-state index in [1.165, 1.54) is 16.5 Å². The zero-order valence-corrected chi connectivity index (χ0v) is 14.3. The summed E-state index contributed by atoms with van der Waals surface area (Å²) in [6.45, 7) is 5.09. The van der Waals surface area contributed by atoms with Gasteiger partial charge in [-0.15, -0.1) is 0 Å². The molecule has 0 saturated carbocycles. The average molecular weight is 320 g/mol. The Balaban J connectivity index is 1.57. The van der Waals surface area contributed by atoms with Crippen molar-refractivity contribution in [1.29, 1.82) is 0 Å². The molecule has 24 heavy (non-hydrogen) atoms. The van der Waals surface area contributed by atoms with Crippen molar-refractivity contribution in [2.75, 3.05) is 5.32 Å². The summed E-state index contributed by atoms with van der Waals surface area (Å²) < 4.78 is 2.13. The fourth-order valence-corrected chi connectivity index (χ4v) is 2.91. The van der Waals surface area contributed by atoms with Crippen molar-refractivity contribution >= 4 is 22.5 Å². The molecular formula is C21H24N2O. The van der Waals surface area contributed by atoms with Crippen molar-refractivity contribution in [3.8, 4) is 0 Å². The number of nitrogens with zero attached hydrogens (tertiary/aromatic N) is 1. The number of carbonyl (C=O) groups excluding carboxylic acids is 1. The van der Waals surface area contributed by atoms with E-state index in [4.69, 9.17) is 0 Å². The van der Waals surface area contributed by atoms with E-state index < -0.39 is 0 Å². The minimum atomic E-state index is 0.0454. The van der Waals surface area contributed by atoms with Gasteiger partial charge in [-0.1, -0.05) is 44.2 Å². The zero-order valence-electron chi connectivity index (χ0n) is 14.3. The molecule has 0 bridgehead atoms. The molecule has 124 valence electrons. The maximum Gasteiger partial charge on any atom is 0.226 e. The molecule has 3 aromatic rings. The lowest BCUT2D eigenvalue weighted by Crippen LogP contribution is -2.14. The van der Waals surface area contributed by atoms with Gasteiger partial charge in [-0.2, -0.15) is 0 Å². The van der Waals surface area contributed by atoms with Crippen LogP contribution in [0.4, 0.5) is 5.69 Å². The van der Waals surface area contributed by atoms with Crippen LogP contribution in [0.15, 0.2) is 60.8 Å². The van der Waals surface area contributed by atoms with Crippen molar-refractivity contribution < 1.29 is 4.79 Å². The van der Waals surface area contributed by atoms with Crippen LogP contribution in [-0.2, 0) is 11.3 Å². The number of anilines is 1. The zero-order chi connectivity index (χ0) is 16.9. The highest BCUT2D eigenvalue weighted by Crippen LogP contribution is 2.20. The minimum absolute atomic E-state index is 0.0454. The molecule has 0 radical (unpaired) electrons. The molecule has 3 rings (SSSR count). The number of benzene rings is 2. The molecule has 0 spiro atoms. The smallest absolute Gasteiger partial charge is 0.226 e. The van der Waals surface area contributed by atoms with E-state index in [1.807, 2.05) is 30.5 Å². The number of rotatable bonds is 6. The second-order valence-electron chi connectivity index (χ2n) is 6.30. The molecule has 1 aromatic heterocycles. The van der Waals surface area contributed by atoms with Gasteiger partial charge in [0.25, 0.3) is 0 Å². The van der Waals surface area contributed by atoms with Crippen LogP contribution < -0.4 is 5.32 Å². The number of hydrogen-bond donors (Lipinski definition) is 1. The van der Waals surface area contributed by atoms with Crippen LogP contribution in [0.3, 0.4) is 0 Å². The summed E-state index contributed by atoms with van der Waals surface area (Å²) in [6.07, 6.45) is 3.63. The highest BCUT2D eigenvalue weighted by atomic mass is 16.1. The number of hydrogen-bond acceptors (Lipinski definition) is 1. The fourth-order valence-electron chi connectivity index (χ4n) is 2.91. The lowest BCUT2D eigenvalue weighted by Gasteiger charge is -2.11. The van der Waals surface area contributed by atoms with Crippen LogP contribution >= 0.6 is 0 Å². The Morgan fingerprint density at radius 1 is 1.08 bits per heavy atom. The molecule has 2 aromatic carbocycles. The third kappa shape index (κ3) is 3.67. The molecule has 1 heterocycles. The van der Waals surface area contributed by atoms with Crippen LogP contribution in [0.5, 0.6) is 0 Å². The first-order chi connectivity index (χ1) is 11.7. The first-order valence-corrected chi connectivity index (χ1v) is 8.61. The Kier molecular flexibility index (Phi) is 4.99. The molecular weight excluding hydrogens is 296 g/mol. The SMILES string of the molecule is CCC(C)c1ccc(NC(=O)CCn2ccc3ccccc32)cc1. The van der Waals surface area contributed by atoms with Crippen LogP contribution in [0.2, 0.25) is 0 Å². The van der Waals surface area contributed by atoms with Crippen molar-refractivity contribution in [2.45, 2.75) is 39.2 Å². The van der Waals surface area contributed by atoms with Crippen LogP contribution in [0, 0.1) is 0 Å². The molecule has 0 saturated heterocycles. The number of fused-ring (bicyclic) bond motifs is 1. The molecule has 0 fully saturated rings. The second-order valence-corrected chi connectivity index (χ2v) is 6.30. The van der Waals surface area contributed by atoms with Gasteiger partial charge in [-0.05, 0) is 47.6 Å². The van der Waals surface area contributed by atoms with E-state index in [2.05, 4.69) is 54.1 Å².